The van der Waals surface area contributed by atoms with Crippen molar-refractivity contribution in [3.05, 3.63) is 29.1 Å². The third kappa shape index (κ3) is 2.30. The molecule has 1 heterocycles. The Morgan fingerprint density at radius 2 is 2.31 bits per heavy atom. The molecule has 1 aliphatic heterocycles. The van der Waals surface area contributed by atoms with E-state index in [1.807, 2.05) is 0 Å². The highest BCUT2D eigenvalue weighted by Gasteiger charge is 2.17. The molecule has 1 aliphatic rings. The molecular weight excluding hydrogens is 215 g/mol. The summed E-state index contributed by atoms with van der Waals surface area (Å²) in [5.41, 5.74) is 1.22. The van der Waals surface area contributed by atoms with Crippen LogP contribution < -0.4 is 4.74 Å². The molecule has 5 heteroatoms. The molecular formula is C11H11FO4. The van der Waals surface area contributed by atoms with Crippen LogP contribution in [0, 0.1) is 5.82 Å². The fourth-order valence-electron chi connectivity index (χ4n) is 1.68. The summed E-state index contributed by atoms with van der Waals surface area (Å²) in [5.74, 6) is -0.743. The first-order valence-electron chi connectivity index (χ1n) is 4.90. The van der Waals surface area contributed by atoms with Gasteiger partial charge in [0.15, 0.2) is 6.79 Å². The first kappa shape index (κ1) is 10.9. The van der Waals surface area contributed by atoms with E-state index < -0.39 is 11.8 Å². The van der Waals surface area contributed by atoms with Gasteiger partial charge >= 0.3 is 5.97 Å². The number of hydrogen-bond acceptors (Lipinski definition) is 3. The summed E-state index contributed by atoms with van der Waals surface area (Å²) in [6.45, 7) is 0.422. The van der Waals surface area contributed by atoms with Crippen molar-refractivity contribution in [2.45, 2.75) is 19.4 Å². The van der Waals surface area contributed by atoms with E-state index in [1.54, 1.807) is 0 Å². The maximum Gasteiger partial charge on any atom is 0.303 e. The van der Waals surface area contributed by atoms with Crippen LogP contribution in [0.4, 0.5) is 4.39 Å². The first-order valence-corrected chi connectivity index (χ1v) is 4.90. The number of ether oxygens (including phenoxy) is 2. The molecule has 0 saturated heterocycles. The largest absolute Gasteiger partial charge is 0.481 e. The highest BCUT2D eigenvalue weighted by Crippen LogP contribution is 2.30. The second-order valence-corrected chi connectivity index (χ2v) is 3.56. The number of halogens is 1. The topological polar surface area (TPSA) is 55.8 Å². The van der Waals surface area contributed by atoms with Gasteiger partial charge in [0.25, 0.3) is 0 Å². The van der Waals surface area contributed by atoms with Gasteiger partial charge in [-0.15, -0.1) is 0 Å². The fourth-order valence-corrected chi connectivity index (χ4v) is 1.68. The molecule has 1 N–H and O–H groups in total. The Bertz CT molecular complexity index is 417. The Hall–Kier alpha value is -1.62. The van der Waals surface area contributed by atoms with E-state index in [0.29, 0.717) is 23.5 Å². The predicted molar refractivity (Wildman–Crippen MR) is 52.6 cm³/mol. The van der Waals surface area contributed by atoms with Gasteiger partial charge in [0.05, 0.1) is 6.61 Å². The van der Waals surface area contributed by atoms with Crippen LogP contribution in [0.25, 0.3) is 0 Å². The molecule has 0 unspecified atom stereocenters. The number of carbonyl (C=O) groups is 1. The molecule has 86 valence electrons. The van der Waals surface area contributed by atoms with Crippen molar-refractivity contribution >= 4 is 5.97 Å². The molecule has 0 aromatic heterocycles. The van der Waals surface area contributed by atoms with Crippen molar-refractivity contribution in [3.8, 4) is 5.75 Å². The Balaban J connectivity index is 2.28. The van der Waals surface area contributed by atoms with Gasteiger partial charge in [-0.25, -0.2) is 4.39 Å². The van der Waals surface area contributed by atoms with E-state index in [9.17, 15) is 9.18 Å². The zero-order valence-corrected chi connectivity index (χ0v) is 8.53. The molecule has 4 nitrogen and oxygen atoms in total. The maximum atomic E-state index is 13.2. The molecule has 16 heavy (non-hydrogen) atoms. The number of aliphatic carboxylic acids is 1. The van der Waals surface area contributed by atoms with Crippen LogP contribution in [0.3, 0.4) is 0 Å². The van der Waals surface area contributed by atoms with E-state index in [2.05, 4.69) is 0 Å². The quantitative estimate of drug-likeness (QED) is 0.852. The predicted octanol–water partition coefficient (Wildman–Crippen LogP) is 1.71. The summed E-state index contributed by atoms with van der Waals surface area (Å²) in [5, 5.41) is 8.59. The van der Waals surface area contributed by atoms with Gasteiger partial charge in [0.2, 0.25) is 0 Å². The van der Waals surface area contributed by atoms with E-state index in [-0.39, 0.29) is 19.6 Å². The lowest BCUT2D eigenvalue weighted by Gasteiger charge is -2.20. The first-order chi connectivity index (χ1) is 7.66. The van der Waals surface area contributed by atoms with Gasteiger partial charge in [-0.2, -0.15) is 0 Å². The lowest BCUT2D eigenvalue weighted by molar-refractivity contribution is -0.136. The van der Waals surface area contributed by atoms with Gasteiger partial charge in [0.1, 0.15) is 11.6 Å². The van der Waals surface area contributed by atoms with Crippen LogP contribution in [0.15, 0.2) is 12.1 Å². The molecule has 0 fully saturated rings. The van der Waals surface area contributed by atoms with Crippen molar-refractivity contribution in [2.75, 3.05) is 6.79 Å². The van der Waals surface area contributed by atoms with Crippen LogP contribution in [0.1, 0.15) is 17.5 Å². The van der Waals surface area contributed by atoms with Gasteiger partial charge < -0.3 is 14.6 Å². The number of carboxylic acid groups (broad SMARTS) is 1. The molecule has 1 aromatic rings. The number of rotatable bonds is 3. The summed E-state index contributed by atoms with van der Waals surface area (Å²) >= 11 is 0. The minimum absolute atomic E-state index is 0.0416. The summed E-state index contributed by atoms with van der Waals surface area (Å²) in [6, 6.07) is 2.66. The average Bonchev–Trinajstić information content (AvgIpc) is 2.25. The highest BCUT2D eigenvalue weighted by molar-refractivity contribution is 5.67. The minimum Gasteiger partial charge on any atom is -0.481 e. The molecule has 2 rings (SSSR count). The monoisotopic (exact) mass is 226 g/mol. The molecule has 0 spiro atoms. The van der Waals surface area contributed by atoms with Crippen molar-refractivity contribution in [2.24, 2.45) is 0 Å². The lowest BCUT2D eigenvalue weighted by Crippen LogP contribution is -2.14. The highest BCUT2D eigenvalue weighted by atomic mass is 19.1. The summed E-state index contributed by atoms with van der Waals surface area (Å²) in [7, 11) is 0. The summed E-state index contributed by atoms with van der Waals surface area (Å²) < 4.78 is 23.5. The molecule has 0 bridgehead atoms. The number of benzene rings is 1. The molecule has 0 atom stereocenters. The Morgan fingerprint density at radius 3 is 3.06 bits per heavy atom. The van der Waals surface area contributed by atoms with Crippen molar-refractivity contribution in [1.29, 1.82) is 0 Å². The van der Waals surface area contributed by atoms with Crippen molar-refractivity contribution in [1.82, 2.24) is 0 Å². The summed E-state index contributed by atoms with van der Waals surface area (Å²) in [4.78, 5) is 10.5. The van der Waals surface area contributed by atoms with Crippen LogP contribution in [-0.4, -0.2) is 17.9 Å². The molecule has 0 saturated carbocycles. The standard InChI is InChI=1S/C11H11FO4/c12-9-3-7(1-2-10(13)14)11-8(4-9)5-15-6-16-11/h3-4H,1-2,5-6H2,(H,13,14). The number of hydrogen-bond donors (Lipinski definition) is 1. The zero-order chi connectivity index (χ0) is 11.5. The van der Waals surface area contributed by atoms with Gasteiger partial charge in [-0.05, 0) is 24.1 Å². The minimum atomic E-state index is -0.912. The van der Waals surface area contributed by atoms with Crippen molar-refractivity contribution in [3.63, 3.8) is 0 Å². The third-order valence-corrected chi connectivity index (χ3v) is 2.36. The van der Waals surface area contributed by atoms with E-state index in [4.69, 9.17) is 14.6 Å². The fraction of sp³-hybridized carbons (Fsp3) is 0.364. The van der Waals surface area contributed by atoms with Crippen LogP contribution in [-0.2, 0) is 22.6 Å². The average molecular weight is 226 g/mol. The molecule has 1 aromatic carbocycles. The smallest absolute Gasteiger partial charge is 0.303 e. The van der Waals surface area contributed by atoms with Gasteiger partial charge in [0, 0.05) is 12.0 Å². The molecule has 0 amide bonds. The van der Waals surface area contributed by atoms with Crippen LogP contribution in [0.5, 0.6) is 5.75 Å². The normalized spacial score (nSPS) is 14.1. The number of fused-ring (bicyclic) bond motifs is 1. The van der Waals surface area contributed by atoms with E-state index in [0.717, 1.165) is 0 Å². The SMILES string of the molecule is O=C(O)CCc1cc(F)cc2c1OCOC2. The summed E-state index contributed by atoms with van der Waals surface area (Å²) in [6.07, 6.45) is 0.218. The Labute approximate surface area is 91.6 Å². The molecule has 0 aliphatic carbocycles. The van der Waals surface area contributed by atoms with Crippen LogP contribution in [0.2, 0.25) is 0 Å². The Kier molecular flexibility index (Phi) is 3.05. The number of aryl methyl sites for hydroxylation is 1. The van der Waals surface area contributed by atoms with Crippen LogP contribution >= 0.6 is 0 Å². The lowest BCUT2D eigenvalue weighted by atomic mass is 10.0. The molecule has 0 radical (unpaired) electrons. The second kappa shape index (κ2) is 4.49. The van der Waals surface area contributed by atoms with Crippen molar-refractivity contribution < 1.29 is 23.8 Å². The maximum absolute atomic E-state index is 13.2. The zero-order valence-electron chi connectivity index (χ0n) is 8.53. The number of carboxylic acids is 1. The Morgan fingerprint density at radius 1 is 1.50 bits per heavy atom. The van der Waals surface area contributed by atoms with Gasteiger partial charge in [-0.1, -0.05) is 0 Å². The second-order valence-electron chi connectivity index (χ2n) is 3.56. The third-order valence-electron chi connectivity index (χ3n) is 2.36. The van der Waals surface area contributed by atoms with E-state index >= 15 is 0 Å². The van der Waals surface area contributed by atoms with Gasteiger partial charge in [-0.3, -0.25) is 4.79 Å². The van der Waals surface area contributed by atoms with E-state index in [1.165, 1.54) is 12.1 Å².